The Morgan fingerprint density at radius 3 is 2.83 bits per heavy atom. The lowest BCUT2D eigenvalue weighted by molar-refractivity contribution is -0.118. The third-order valence-electron chi connectivity index (χ3n) is 4.93. The lowest BCUT2D eigenvalue weighted by Gasteiger charge is -2.10. The van der Waals surface area contributed by atoms with E-state index in [9.17, 15) is 4.79 Å². The van der Waals surface area contributed by atoms with Gasteiger partial charge < -0.3 is 19.4 Å². The molecular weight excluding hydrogens is 368 g/mol. The summed E-state index contributed by atoms with van der Waals surface area (Å²) in [6, 6.07) is 14.8. The van der Waals surface area contributed by atoms with Crippen LogP contribution in [-0.4, -0.2) is 34.4 Å². The number of anilines is 1. The van der Waals surface area contributed by atoms with Crippen molar-refractivity contribution in [2.45, 2.75) is 32.2 Å². The van der Waals surface area contributed by atoms with E-state index in [2.05, 4.69) is 20.1 Å². The van der Waals surface area contributed by atoms with Crippen LogP contribution in [-0.2, 0) is 17.8 Å². The predicted molar refractivity (Wildman–Crippen MR) is 110 cm³/mol. The number of benzene rings is 2. The van der Waals surface area contributed by atoms with E-state index >= 15 is 0 Å². The van der Waals surface area contributed by atoms with Crippen molar-refractivity contribution in [1.82, 2.24) is 14.8 Å². The number of hydrogen-bond donors (Lipinski definition) is 1. The number of methoxy groups -OCH3 is 1. The highest BCUT2D eigenvalue weighted by atomic mass is 16.5. The van der Waals surface area contributed by atoms with E-state index in [4.69, 9.17) is 9.47 Å². The fourth-order valence-corrected chi connectivity index (χ4v) is 3.47. The number of hydrogen-bond acceptors (Lipinski definition) is 5. The summed E-state index contributed by atoms with van der Waals surface area (Å²) in [5.41, 5.74) is 1.61. The summed E-state index contributed by atoms with van der Waals surface area (Å²) in [7, 11) is 1.59. The topological polar surface area (TPSA) is 78.3 Å². The molecule has 4 rings (SSSR count). The Hall–Kier alpha value is -3.35. The third kappa shape index (κ3) is 4.56. The molecule has 0 bridgehead atoms. The highest BCUT2D eigenvalue weighted by molar-refractivity contribution is 5.92. The second-order valence-corrected chi connectivity index (χ2v) is 7.00. The molecule has 1 N–H and O–H groups in total. The number of rotatable bonds is 6. The van der Waals surface area contributed by atoms with Crippen LogP contribution in [0.1, 0.15) is 25.1 Å². The van der Waals surface area contributed by atoms with Crippen molar-refractivity contribution in [2.75, 3.05) is 19.0 Å². The van der Waals surface area contributed by atoms with Gasteiger partial charge in [-0.05, 0) is 37.1 Å². The molecule has 0 aliphatic carbocycles. The molecule has 0 atom stereocenters. The average molecular weight is 392 g/mol. The zero-order chi connectivity index (χ0) is 20.1. The van der Waals surface area contributed by atoms with Crippen LogP contribution in [0.25, 0.3) is 11.4 Å². The molecule has 2 aromatic carbocycles. The maximum absolute atomic E-state index is 12.2. The minimum absolute atomic E-state index is 0.0847. The molecule has 7 heteroatoms. The lowest BCUT2D eigenvalue weighted by Crippen LogP contribution is -2.20. The molecular formula is C22H24N4O3. The number of ether oxygens (including phenoxy) is 2. The molecule has 0 fully saturated rings. The van der Waals surface area contributed by atoms with E-state index in [0.717, 1.165) is 43.0 Å². The number of nitrogens with zero attached hydrogens (tertiary/aromatic N) is 3. The second-order valence-electron chi connectivity index (χ2n) is 7.00. The van der Waals surface area contributed by atoms with E-state index in [1.165, 1.54) is 6.42 Å². The van der Waals surface area contributed by atoms with E-state index < -0.39 is 0 Å². The molecule has 1 aromatic heterocycles. The van der Waals surface area contributed by atoms with Crippen LogP contribution in [0.15, 0.2) is 48.5 Å². The summed E-state index contributed by atoms with van der Waals surface area (Å²) in [5, 5.41) is 11.5. The summed E-state index contributed by atoms with van der Waals surface area (Å²) < 4.78 is 13.1. The van der Waals surface area contributed by atoms with Crippen LogP contribution in [0.3, 0.4) is 0 Å². The monoisotopic (exact) mass is 392 g/mol. The molecule has 29 heavy (non-hydrogen) atoms. The van der Waals surface area contributed by atoms with Gasteiger partial charge in [-0.2, -0.15) is 0 Å². The Labute approximate surface area is 169 Å². The predicted octanol–water partition coefficient (Wildman–Crippen LogP) is 3.70. The summed E-state index contributed by atoms with van der Waals surface area (Å²) in [6.07, 6.45) is 4.48. The van der Waals surface area contributed by atoms with Gasteiger partial charge in [0, 0.05) is 30.3 Å². The van der Waals surface area contributed by atoms with Gasteiger partial charge in [-0.3, -0.25) is 4.79 Å². The zero-order valence-electron chi connectivity index (χ0n) is 16.4. The summed E-state index contributed by atoms with van der Waals surface area (Å²) in [5.74, 6) is 2.97. The standard InChI is InChI=1S/C22H24N4O3/c1-28-18-9-6-8-17(14-18)23-21(27)15-29-19-10-5-7-16(13-19)22-25-24-20-11-3-2-4-12-26(20)22/h5-10,13-14H,2-4,11-12,15H2,1H3,(H,23,27). The number of carbonyl (C=O) groups is 1. The molecule has 0 spiro atoms. The van der Waals surface area contributed by atoms with Gasteiger partial charge in [-0.1, -0.05) is 24.6 Å². The largest absolute Gasteiger partial charge is 0.497 e. The normalized spacial score (nSPS) is 13.3. The second kappa shape index (κ2) is 8.77. The fraction of sp³-hybridized carbons (Fsp3) is 0.318. The van der Waals surface area contributed by atoms with E-state index in [0.29, 0.717) is 17.2 Å². The average Bonchev–Trinajstić information content (AvgIpc) is 3.01. The van der Waals surface area contributed by atoms with Crippen LogP contribution in [0, 0.1) is 0 Å². The van der Waals surface area contributed by atoms with Crippen LogP contribution in [0.5, 0.6) is 11.5 Å². The Morgan fingerprint density at radius 1 is 1.07 bits per heavy atom. The molecule has 0 saturated carbocycles. The van der Waals surface area contributed by atoms with Gasteiger partial charge >= 0.3 is 0 Å². The van der Waals surface area contributed by atoms with E-state index in [1.807, 2.05) is 36.4 Å². The first-order chi connectivity index (χ1) is 14.2. The van der Waals surface area contributed by atoms with Gasteiger partial charge in [0.15, 0.2) is 12.4 Å². The van der Waals surface area contributed by atoms with Crippen molar-refractivity contribution in [3.63, 3.8) is 0 Å². The highest BCUT2D eigenvalue weighted by Gasteiger charge is 2.16. The van der Waals surface area contributed by atoms with Gasteiger partial charge in [-0.25, -0.2) is 0 Å². The van der Waals surface area contributed by atoms with Gasteiger partial charge in [-0.15, -0.1) is 10.2 Å². The Morgan fingerprint density at radius 2 is 1.93 bits per heavy atom. The molecule has 2 heterocycles. The first kappa shape index (κ1) is 19.0. The van der Waals surface area contributed by atoms with Gasteiger partial charge in [0.05, 0.1) is 7.11 Å². The quantitative estimate of drug-likeness (QED) is 0.692. The number of nitrogens with one attached hydrogen (secondary N) is 1. The SMILES string of the molecule is COc1cccc(NC(=O)COc2cccc(-c3nnc4n3CCCCC4)c2)c1. The summed E-state index contributed by atoms with van der Waals surface area (Å²) >= 11 is 0. The van der Waals surface area contributed by atoms with Crippen LogP contribution in [0.2, 0.25) is 0 Å². The van der Waals surface area contributed by atoms with Crippen LogP contribution < -0.4 is 14.8 Å². The Balaban J connectivity index is 1.42. The van der Waals surface area contributed by atoms with Crippen LogP contribution in [0.4, 0.5) is 5.69 Å². The molecule has 3 aromatic rings. The Bertz CT molecular complexity index is 999. The minimum atomic E-state index is -0.236. The molecule has 1 aliphatic rings. The number of aromatic nitrogens is 3. The number of amides is 1. The maximum atomic E-state index is 12.2. The van der Waals surface area contributed by atoms with Crippen molar-refractivity contribution in [1.29, 1.82) is 0 Å². The van der Waals surface area contributed by atoms with Gasteiger partial charge in [0.25, 0.3) is 5.91 Å². The smallest absolute Gasteiger partial charge is 0.262 e. The summed E-state index contributed by atoms with van der Waals surface area (Å²) in [6.45, 7) is 0.851. The molecule has 0 radical (unpaired) electrons. The van der Waals surface area contributed by atoms with Crippen molar-refractivity contribution < 1.29 is 14.3 Å². The highest BCUT2D eigenvalue weighted by Crippen LogP contribution is 2.25. The van der Waals surface area contributed by atoms with Gasteiger partial charge in [0.1, 0.15) is 17.3 Å². The molecule has 150 valence electrons. The first-order valence-corrected chi connectivity index (χ1v) is 9.82. The number of carbonyl (C=O) groups excluding carboxylic acids is 1. The fourth-order valence-electron chi connectivity index (χ4n) is 3.47. The van der Waals surface area contributed by atoms with Gasteiger partial charge in [0.2, 0.25) is 0 Å². The van der Waals surface area contributed by atoms with E-state index in [1.54, 1.807) is 19.2 Å². The molecule has 1 aliphatic heterocycles. The Kier molecular flexibility index (Phi) is 5.74. The third-order valence-corrected chi connectivity index (χ3v) is 4.93. The number of aryl methyl sites for hydroxylation is 1. The summed E-state index contributed by atoms with van der Waals surface area (Å²) in [4.78, 5) is 12.2. The van der Waals surface area contributed by atoms with E-state index in [-0.39, 0.29) is 12.5 Å². The minimum Gasteiger partial charge on any atom is -0.497 e. The first-order valence-electron chi connectivity index (χ1n) is 9.82. The lowest BCUT2D eigenvalue weighted by atomic mass is 10.2. The van der Waals surface area contributed by atoms with Crippen molar-refractivity contribution in [3.05, 3.63) is 54.4 Å². The maximum Gasteiger partial charge on any atom is 0.262 e. The van der Waals surface area contributed by atoms with Crippen molar-refractivity contribution >= 4 is 11.6 Å². The molecule has 7 nitrogen and oxygen atoms in total. The molecule has 0 unspecified atom stereocenters. The van der Waals surface area contributed by atoms with Crippen molar-refractivity contribution in [3.8, 4) is 22.9 Å². The molecule has 1 amide bonds. The molecule has 0 saturated heterocycles. The zero-order valence-corrected chi connectivity index (χ0v) is 16.4. The number of fused-ring (bicyclic) bond motifs is 1. The van der Waals surface area contributed by atoms with Crippen molar-refractivity contribution in [2.24, 2.45) is 0 Å². The van der Waals surface area contributed by atoms with Crippen LogP contribution >= 0.6 is 0 Å².